The lowest BCUT2D eigenvalue weighted by atomic mass is 9.86. The van der Waals surface area contributed by atoms with Crippen LogP contribution in [0.5, 0.6) is 0 Å². The van der Waals surface area contributed by atoms with E-state index in [1.54, 1.807) is 0 Å². The van der Waals surface area contributed by atoms with Gasteiger partial charge < -0.3 is 10.4 Å². The van der Waals surface area contributed by atoms with Gasteiger partial charge in [0.25, 0.3) is 0 Å². The SMILES string of the molecule is CC(CCO)NC(C)c1ccc(C(C)(C)C)cc1. The van der Waals surface area contributed by atoms with E-state index in [2.05, 4.69) is 64.2 Å². The fraction of sp³-hybridized carbons (Fsp3) is 0.625. The molecule has 0 spiro atoms. The number of aliphatic hydroxyl groups is 1. The smallest absolute Gasteiger partial charge is 0.0445 e. The van der Waals surface area contributed by atoms with Gasteiger partial charge in [-0.3, -0.25) is 0 Å². The van der Waals surface area contributed by atoms with Crippen molar-refractivity contribution in [1.29, 1.82) is 0 Å². The molecular weight excluding hydrogens is 222 g/mol. The third-order valence-electron chi connectivity index (χ3n) is 3.37. The van der Waals surface area contributed by atoms with Crippen LogP contribution in [0.2, 0.25) is 0 Å². The number of aliphatic hydroxyl groups excluding tert-OH is 1. The van der Waals surface area contributed by atoms with E-state index in [9.17, 15) is 0 Å². The summed E-state index contributed by atoms with van der Waals surface area (Å²) in [5, 5.41) is 12.4. The van der Waals surface area contributed by atoms with Gasteiger partial charge >= 0.3 is 0 Å². The van der Waals surface area contributed by atoms with Crippen LogP contribution in [0.3, 0.4) is 0 Å². The molecule has 0 amide bonds. The van der Waals surface area contributed by atoms with Crippen molar-refractivity contribution in [3.05, 3.63) is 35.4 Å². The largest absolute Gasteiger partial charge is 0.396 e. The lowest BCUT2D eigenvalue weighted by Gasteiger charge is -2.22. The Morgan fingerprint density at radius 2 is 1.67 bits per heavy atom. The molecule has 1 aromatic carbocycles. The molecule has 1 rings (SSSR count). The second kappa shape index (κ2) is 6.35. The molecule has 2 unspecified atom stereocenters. The topological polar surface area (TPSA) is 32.3 Å². The highest BCUT2D eigenvalue weighted by atomic mass is 16.3. The minimum absolute atomic E-state index is 0.208. The Morgan fingerprint density at radius 3 is 2.11 bits per heavy atom. The van der Waals surface area contributed by atoms with Gasteiger partial charge in [-0.2, -0.15) is 0 Å². The summed E-state index contributed by atoms with van der Waals surface area (Å²) in [4.78, 5) is 0. The molecule has 0 saturated heterocycles. The number of hydrogen-bond donors (Lipinski definition) is 2. The van der Waals surface area contributed by atoms with E-state index in [1.807, 2.05) is 0 Å². The van der Waals surface area contributed by atoms with Crippen LogP contribution in [0.15, 0.2) is 24.3 Å². The van der Waals surface area contributed by atoms with Crippen LogP contribution in [-0.2, 0) is 5.41 Å². The fourth-order valence-electron chi connectivity index (χ4n) is 2.07. The minimum Gasteiger partial charge on any atom is -0.396 e. The van der Waals surface area contributed by atoms with Crippen molar-refractivity contribution in [3.63, 3.8) is 0 Å². The summed E-state index contributed by atoms with van der Waals surface area (Å²) >= 11 is 0. The first kappa shape index (κ1) is 15.2. The normalized spacial score (nSPS) is 15.4. The minimum atomic E-state index is 0.208. The average molecular weight is 249 g/mol. The van der Waals surface area contributed by atoms with Crippen molar-refractivity contribution in [2.45, 2.75) is 58.5 Å². The first-order valence-corrected chi connectivity index (χ1v) is 6.82. The van der Waals surface area contributed by atoms with Crippen LogP contribution < -0.4 is 5.32 Å². The Bertz CT molecular complexity index is 350. The van der Waals surface area contributed by atoms with E-state index in [4.69, 9.17) is 5.11 Å². The summed E-state index contributed by atoms with van der Waals surface area (Å²) in [6.07, 6.45) is 0.796. The molecule has 2 N–H and O–H groups in total. The van der Waals surface area contributed by atoms with Gasteiger partial charge in [-0.25, -0.2) is 0 Å². The first-order chi connectivity index (χ1) is 8.34. The predicted octanol–water partition coefficient (Wildman–Crippen LogP) is 3.41. The number of benzene rings is 1. The van der Waals surface area contributed by atoms with E-state index in [-0.39, 0.29) is 12.0 Å². The molecule has 102 valence electrons. The second-order valence-electron chi connectivity index (χ2n) is 6.17. The third-order valence-corrected chi connectivity index (χ3v) is 3.37. The Balaban J connectivity index is 2.67. The van der Waals surface area contributed by atoms with Crippen molar-refractivity contribution in [2.24, 2.45) is 0 Å². The summed E-state index contributed by atoms with van der Waals surface area (Å²) in [7, 11) is 0. The highest BCUT2D eigenvalue weighted by molar-refractivity contribution is 5.29. The Labute approximate surface area is 111 Å². The van der Waals surface area contributed by atoms with Crippen LogP contribution >= 0.6 is 0 Å². The van der Waals surface area contributed by atoms with Gasteiger partial charge in [-0.05, 0) is 36.8 Å². The molecule has 0 heterocycles. The molecule has 0 fully saturated rings. The monoisotopic (exact) mass is 249 g/mol. The zero-order valence-electron chi connectivity index (χ0n) is 12.3. The van der Waals surface area contributed by atoms with Gasteiger partial charge in [0.2, 0.25) is 0 Å². The molecular formula is C16H27NO. The van der Waals surface area contributed by atoms with Gasteiger partial charge in [0.1, 0.15) is 0 Å². The van der Waals surface area contributed by atoms with Crippen molar-refractivity contribution < 1.29 is 5.11 Å². The molecule has 1 aromatic rings. The maximum atomic E-state index is 8.91. The zero-order chi connectivity index (χ0) is 13.8. The molecule has 0 bridgehead atoms. The van der Waals surface area contributed by atoms with Crippen molar-refractivity contribution in [1.82, 2.24) is 5.32 Å². The van der Waals surface area contributed by atoms with Gasteiger partial charge in [-0.1, -0.05) is 45.0 Å². The molecule has 0 aliphatic rings. The first-order valence-electron chi connectivity index (χ1n) is 6.82. The lowest BCUT2D eigenvalue weighted by Crippen LogP contribution is -2.29. The molecule has 0 radical (unpaired) electrons. The van der Waals surface area contributed by atoms with Gasteiger partial charge in [-0.15, -0.1) is 0 Å². The summed E-state index contributed by atoms with van der Waals surface area (Å²) in [6, 6.07) is 9.48. The molecule has 0 aliphatic carbocycles. The van der Waals surface area contributed by atoms with Crippen molar-refractivity contribution in [2.75, 3.05) is 6.61 Å². The van der Waals surface area contributed by atoms with Gasteiger partial charge in [0.15, 0.2) is 0 Å². The van der Waals surface area contributed by atoms with E-state index < -0.39 is 0 Å². The molecule has 0 saturated carbocycles. The quantitative estimate of drug-likeness (QED) is 0.838. The summed E-state index contributed by atoms with van der Waals surface area (Å²) in [6.45, 7) is 11.2. The van der Waals surface area contributed by atoms with Crippen molar-refractivity contribution >= 4 is 0 Å². The molecule has 0 aromatic heterocycles. The van der Waals surface area contributed by atoms with Crippen LogP contribution in [0.25, 0.3) is 0 Å². The van der Waals surface area contributed by atoms with Crippen LogP contribution in [-0.4, -0.2) is 17.8 Å². The summed E-state index contributed by atoms with van der Waals surface area (Å²) in [5.41, 5.74) is 2.87. The van der Waals surface area contributed by atoms with E-state index >= 15 is 0 Å². The van der Waals surface area contributed by atoms with E-state index in [1.165, 1.54) is 11.1 Å². The Kier molecular flexibility index (Phi) is 5.36. The molecule has 2 nitrogen and oxygen atoms in total. The predicted molar refractivity (Wildman–Crippen MR) is 77.9 cm³/mol. The van der Waals surface area contributed by atoms with Crippen LogP contribution in [0.1, 0.15) is 58.2 Å². The maximum absolute atomic E-state index is 8.91. The molecule has 0 aliphatic heterocycles. The summed E-state index contributed by atoms with van der Waals surface area (Å²) in [5.74, 6) is 0. The fourth-order valence-corrected chi connectivity index (χ4v) is 2.07. The van der Waals surface area contributed by atoms with Gasteiger partial charge in [0, 0.05) is 18.7 Å². The molecule has 18 heavy (non-hydrogen) atoms. The van der Waals surface area contributed by atoms with Crippen molar-refractivity contribution in [3.8, 4) is 0 Å². The zero-order valence-corrected chi connectivity index (χ0v) is 12.3. The van der Waals surface area contributed by atoms with Crippen LogP contribution in [0, 0.1) is 0 Å². The number of nitrogens with one attached hydrogen (secondary N) is 1. The standard InChI is InChI=1S/C16H27NO/c1-12(10-11-18)17-13(2)14-6-8-15(9-7-14)16(3,4)5/h6-9,12-13,17-18H,10-11H2,1-5H3. The Morgan fingerprint density at radius 1 is 1.11 bits per heavy atom. The van der Waals surface area contributed by atoms with E-state index in [0.29, 0.717) is 12.1 Å². The van der Waals surface area contributed by atoms with E-state index in [0.717, 1.165) is 6.42 Å². The molecule has 2 heteroatoms. The Hall–Kier alpha value is -0.860. The van der Waals surface area contributed by atoms with Crippen LogP contribution in [0.4, 0.5) is 0 Å². The average Bonchev–Trinajstić information content (AvgIpc) is 2.28. The third kappa shape index (κ3) is 4.43. The second-order valence-corrected chi connectivity index (χ2v) is 6.17. The van der Waals surface area contributed by atoms with Gasteiger partial charge in [0.05, 0.1) is 0 Å². The summed E-state index contributed by atoms with van der Waals surface area (Å²) < 4.78 is 0. The molecule has 2 atom stereocenters. The highest BCUT2D eigenvalue weighted by Gasteiger charge is 2.14. The maximum Gasteiger partial charge on any atom is 0.0445 e. The lowest BCUT2D eigenvalue weighted by molar-refractivity contribution is 0.264. The number of rotatable bonds is 5. The number of hydrogen-bond acceptors (Lipinski definition) is 2. The highest BCUT2D eigenvalue weighted by Crippen LogP contribution is 2.24.